The predicted octanol–water partition coefficient (Wildman–Crippen LogP) is 2.30. The van der Waals surface area contributed by atoms with Gasteiger partial charge >= 0.3 is 0 Å². The van der Waals surface area contributed by atoms with Gasteiger partial charge in [-0.15, -0.1) is 0 Å². The number of anilines is 1. The molecule has 0 saturated carbocycles. The first kappa shape index (κ1) is 9.64. The second-order valence-corrected chi connectivity index (χ2v) is 3.06. The quantitative estimate of drug-likeness (QED) is 0.814. The molecular weight excluding hydrogens is 200 g/mol. The summed E-state index contributed by atoms with van der Waals surface area (Å²) in [4.78, 5) is 0. The fourth-order valence-corrected chi connectivity index (χ4v) is 1.21. The van der Waals surface area contributed by atoms with Gasteiger partial charge in [-0.05, 0) is 24.3 Å². The van der Waals surface area contributed by atoms with Gasteiger partial charge in [-0.2, -0.15) is 5.10 Å². The second-order valence-electron chi connectivity index (χ2n) is 3.06. The zero-order valence-corrected chi connectivity index (χ0v) is 7.80. The maximum atomic E-state index is 13.1. The van der Waals surface area contributed by atoms with E-state index in [0.29, 0.717) is 6.54 Å². The third-order valence-electron chi connectivity index (χ3n) is 1.96. The number of halogens is 2. The van der Waals surface area contributed by atoms with Crippen molar-refractivity contribution in [2.45, 2.75) is 6.54 Å². The molecule has 2 aromatic rings. The largest absolute Gasteiger partial charge is 0.377 e. The normalized spacial score (nSPS) is 10.3. The Morgan fingerprint density at radius 3 is 2.87 bits per heavy atom. The van der Waals surface area contributed by atoms with Gasteiger partial charge in [0.15, 0.2) is 0 Å². The Balaban J connectivity index is 2.07. The Morgan fingerprint density at radius 2 is 2.13 bits per heavy atom. The van der Waals surface area contributed by atoms with E-state index >= 15 is 0 Å². The lowest BCUT2D eigenvalue weighted by molar-refractivity contribution is 0.602. The van der Waals surface area contributed by atoms with Gasteiger partial charge in [0.1, 0.15) is 11.6 Å². The maximum absolute atomic E-state index is 13.1. The van der Waals surface area contributed by atoms with Crippen LogP contribution in [0.15, 0.2) is 30.5 Å². The van der Waals surface area contributed by atoms with E-state index in [0.717, 1.165) is 23.9 Å². The number of aromatic amines is 1. The van der Waals surface area contributed by atoms with Crippen molar-refractivity contribution in [3.63, 3.8) is 0 Å². The number of nitrogens with zero attached hydrogens (tertiary/aromatic N) is 1. The average Bonchev–Trinajstić information content (AvgIpc) is 2.72. The molecule has 0 spiro atoms. The van der Waals surface area contributed by atoms with Crippen LogP contribution >= 0.6 is 0 Å². The van der Waals surface area contributed by atoms with Crippen molar-refractivity contribution in [1.82, 2.24) is 10.2 Å². The number of hydrogen-bond acceptors (Lipinski definition) is 2. The molecule has 15 heavy (non-hydrogen) atoms. The molecule has 3 nitrogen and oxygen atoms in total. The van der Waals surface area contributed by atoms with Crippen molar-refractivity contribution >= 4 is 5.69 Å². The van der Waals surface area contributed by atoms with Crippen LogP contribution in [0.5, 0.6) is 0 Å². The number of aromatic nitrogens is 2. The first-order valence-corrected chi connectivity index (χ1v) is 4.43. The first-order chi connectivity index (χ1) is 7.25. The molecule has 2 rings (SSSR count). The van der Waals surface area contributed by atoms with Gasteiger partial charge in [-0.1, -0.05) is 0 Å². The molecule has 0 aliphatic rings. The van der Waals surface area contributed by atoms with E-state index in [1.807, 2.05) is 0 Å². The van der Waals surface area contributed by atoms with E-state index in [9.17, 15) is 8.78 Å². The van der Waals surface area contributed by atoms with Gasteiger partial charge < -0.3 is 5.32 Å². The van der Waals surface area contributed by atoms with Crippen LogP contribution in [0.2, 0.25) is 0 Å². The van der Waals surface area contributed by atoms with E-state index in [1.165, 1.54) is 0 Å². The lowest BCUT2D eigenvalue weighted by Crippen LogP contribution is -2.02. The molecule has 0 aliphatic carbocycles. The van der Waals surface area contributed by atoms with Crippen LogP contribution in [-0.4, -0.2) is 10.2 Å². The Kier molecular flexibility index (Phi) is 2.62. The van der Waals surface area contributed by atoms with Crippen molar-refractivity contribution < 1.29 is 8.78 Å². The molecule has 78 valence electrons. The summed E-state index contributed by atoms with van der Waals surface area (Å²) in [5.74, 6) is -0.945. The second kappa shape index (κ2) is 4.08. The standard InChI is InChI=1S/C10H9F2N3/c11-7-1-2-9(12)10(5-7)13-6-8-3-4-14-15-8/h1-5,13H,6H2,(H,14,15). The van der Waals surface area contributed by atoms with E-state index in [4.69, 9.17) is 0 Å². The topological polar surface area (TPSA) is 40.7 Å². The Bertz CT molecular complexity index is 440. The summed E-state index contributed by atoms with van der Waals surface area (Å²) < 4.78 is 25.9. The van der Waals surface area contributed by atoms with Crippen molar-refractivity contribution in [3.8, 4) is 0 Å². The Morgan fingerprint density at radius 1 is 1.27 bits per heavy atom. The minimum atomic E-state index is -0.476. The third kappa shape index (κ3) is 2.31. The van der Waals surface area contributed by atoms with Gasteiger partial charge in [-0.3, -0.25) is 5.10 Å². The summed E-state index contributed by atoms with van der Waals surface area (Å²) in [5.41, 5.74) is 0.947. The molecule has 0 bridgehead atoms. The van der Waals surface area contributed by atoms with Crippen molar-refractivity contribution in [1.29, 1.82) is 0 Å². The lowest BCUT2D eigenvalue weighted by Gasteiger charge is -2.05. The highest BCUT2D eigenvalue weighted by Crippen LogP contribution is 2.15. The molecule has 1 aromatic heterocycles. The molecule has 0 aliphatic heterocycles. The van der Waals surface area contributed by atoms with Gasteiger partial charge in [0.25, 0.3) is 0 Å². The summed E-state index contributed by atoms with van der Waals surface area (Å²) in [6.45, 7) is 0.375. The third-order valence-corrected chi connectivity index (χ3v) is 1.96. The van der Waals surface area contributed by atoms with Crippen LogP contribution in [-0.2, 0) is 6.54 Å². The van der Waals surface area contributed by atoms with Crippen molar-refractivity contribution in [2.24, 2.45) is 0 Å². The van der Waals surface area contributed by atoms with E-state index in [2.05, 4.69) is 15.5 Å². The van der Waals surface area contributed by atoms with Gasteiger partial charge in [0.05, 0.1) is 17.9 Å². The van der Waals surface area contributed by atoms with Crippen molar-refractivity contribution in [2.75, 3.05) is 5.32 Å². The molecule has 0 fully saturated rings. The molecule has 0 unspecified atom stereocenters. The lowest BCUT2D eigenvalue weighted by atomic mass is 10.3. The van der Waals surface area contributed by atoms with Crippen LogP contribution in [0.25, 0.3) is 0 Å². The Labute approximate surface area is 85.1 Å². The fraction of sp³-hybridized carbons (Fsp3) is 0.100. The summed E-state index contributed by atoms with van der Waals surface area (Å²) in [6, 6.07) is 5.04. The number of H-pyrrole nitrogens is 1. The maximum Gasteiger partial charge on any atom is 0.146 e. The van der Waals surface area contributed by atoms with Crippen LogP contribution < -0.4 is 5.32 Å². The number of nitrogens with one attached hydrogen (secondary N) is 2. The zero-order valence-electron chi connectivity index (χ0n) is 7.80. The molecule has 0 atom stereocenters. The molecule has 0 saturated heterocycles. The number of rotatable bonds is 3. The molecule has 1 heterocycles. The Hall–Kier alpha value is -1.91. The van der Waals surface area contributed by atoms with Gasteiger partial charge in [0.2, 0.25) is 0 Å². The molecule has 2 N–H and O–H groups in total. The molecular formula is C10H9F2N3. The van der Waals surface area contributed by atoms with Crippen molar-refractivity contribution in [3.05, 3.63) is 47.8 Å². The summed E-state index contributed by atoms with van der Waals surface area (Å²) in [6.07, 6.45) is 1.60. The minimum absolute atomic E-state index is 0.143. The zero-order chi connectivity index (χ0) is 10.7. The highest BCUT2D eigenvalue weighted by Gasteiger charge is 2.03. The van der Waals surface area contributed by atoms with Gasteiger partial charge in [-0.25, -0.2) is 8.78 Å². The minimum Gasteiger partial charge on any atom is -0.377 e. The van der Waals surface area contributed by atoms with Gasteiger partial charge in [0, 0.05) is 6.20 Å². The van der Waals surface area contributed by atoms with Crippen LogP contribution in [0, 0.1) is 11.6 Å². The molecule has 0 amide bonds. The highest BCUT2D eigenvalue weighted by molar-refractivity contribution is 5.44. The van der Waals surface area contributed by atoms with E-state index < -0.39 is 11.6 Å². The summed E-state index contributed by atoms with van der Waals surface area (Å²) in [5, 5.41) is 9.22. The number of hydrogen-bond donors (Lipinski definition) is 2. The smallest absolute Gasteiger partial charge is 0.146 e. The monoisotopic (exact) mass is 209 g/mol. The van der Waals surface area contributed by atoms with Crippen LogP contribution in [0.3, 0.4) is 0 Å². The summed E-state index contributed by atoms with van der Waals surface area (Å²) in [7, 11) is 0. The van der Waals surface area contributed by atoms with Crippen LogP contribution in [0.1, 0.15) is 5.69 Å². The van der Waals surface area contributed by atoms with E-state index in [1.54, 1.807) is 12.3 Å². The first-order valence-electron chi connectivity index (χ1n) is 4.43. The van der Waals surface area contributed by atoms with Crippen LogP contribution in [0.4, 0.5) is 14.5 Å². The number of benzene rings is 1. The SMILES string of the molecule is Fc1ccc(F)c(NCc2ccn[nH]2)c1. The van der Waals surface area contributed by atoms with E-state index in [-0.39, 0.29) is 5.69 Å². The molecule has 1 aromatic carbocycles. The average molecular weight is 209 g/mol. The summed E-state index contributed by atoms with van der Waals surface area (Å²) >= 11 is 0. The molecule has 5 heteroatoms. The fourth-order valence-electron chi connectivity index (χ4n) is 1.21. The highest BCUT2D eigenvalue weighted by atomic mass is 19.1. The molecule has 0 radical (unpaired) electrons. The predicted molar refractivity (Wildman–Crippen MR) is 52.3 cm³/mol.